The predicted molar refractivity (Wildman–Crippen MR) is 103 cm³/mol. The van der Waals surface area contributed by atoms with Crippen LogP contribution in [0.4, 0.5) is 20.2 Å². The molecule has 0 radical (unpaired) electrons. The van der Waals surface area contributed by atoms with Gasteiger partial charge in [0, 0.05) is 23.5 Å². The Bertz CT molecular complexity index is 934. The standard InChI is InChI=1S/C18H18F2N2O3S.ClH/c19-18(20)26(24,25)11-12-6-8-13(9-7-12)17(23)22-10-2-3-14-15(21)4-1-5-16(14)22;/h1,4-9,18H,2-3,10-11,21H2;1H. The number of sulfone groups is 1. The van der Waals surface area contributed by atoms with Crippen LogP contribution in [0.5, 0.6) is 0 Å². The quantitative estimate of drug-likeness (QED) is 0.774. The number of nitrogen functional groups attached to an aromatic ring is 1. The number of alkyl halides is 2. The number of amides is 1. The highest BCUT2D eigenvalue weighted by Crippen LogP contribution is 2.32. The van der Waals surface area contributed by atoms with Gasteiger partial charge in [-0.05, 0) is 48.2 Å². The monoisotopic (exact) mass is 416 g/mol. The summed E-state index contributed by atoms with van der Waals surface area (Å²) in [5.41, 5.74) is 8.91. The van der Waals surface area contributed by atoms with Crippen LogP contribution in [0.15, 0.2) is 42.5 Å². The third-order valence-corrected chi connectivity index (χ3v) is 5.65. The smallest absolute Gasteiger partial charge is 0.337 e. The lowest BCUT2D eigenvalue weighted by atomic mass is 9.99. The van der Waals surface area contributed by atoms with Crippen molar-refractivity contribution < 1.29 is 22.0 Å². The maximum Gasteiger partial charge on any atom is 0.337 e. The largest absolute Gasteiger partial charge is 0.398 e. The van der Waals surface area contributed by atoms with Crippen molar-refractivity contribution >= 4 is 39.5 Å². The molecule has 0 atom stereocenters. The van der Waals surface area contributed by atoms with E-state index < -0.39 is 21.3 Å². The minimum atomic E-state index is -4.49. The van der Waals surface area contributed by atoms with E-state index in [0.717, 1.165) is 24.1 Å². The molecule has 1 heterocycles. The fourth-order valence-electron chi connectivity index (χ4n) is 3.06. The van der Waals surface area contributed by atoms with E-state index in [0.29, 0.717) is 17.8 Å². The van der Waals surface area contributed by atoms with Crippen LogP contribution in [0.3, 0.4) is 0 Å². The Morgan fingerprint density at radius 1 is 1.15 bits per heavy atom. The van der Waals surface area contributed by atoms with E-state index in [4.69, 9.17) is 5.73 Å². The summed E-state index contributed by atoms with van der Waals surface area (Å²) in [6, 6.07) is 11.1. The SMILES string of the molecule is Cl.Nc1cccc2c1CCCN2C(=O)c1ccc(CS(=O)(=O)C(F)F)cc1. The first-order chi connectivity index (χ1) is 12.3. The Morgan fingerprint density at radius 2 is 1.81 bits per heavy atom. The van der Waals surface area contributed by atoms with Crippen LogP contribution in [-0.4, -0.2) is 26.6 Å². The molecule has 3 rings (SSSR count). The minimum Gasteiger partial charge on any atom is -0.398 e. The van der Waals surface area contributed by atoms with Gasteiger partial charge in [0.05, 0.1) is 5.75 Å². The van der Waals surface area contributed by atoms with Crippen molar-refractivity contribution in [2.75, 3.05) is 17.2 Å². The van der Waals surface area contributed by atoms with Gasteiger partial charge in [0.1, 0.15) is 0 Å². The third-order valence-electron chi connectivity index (χ3n) is 4.37. The Balaban J connectivity index is 0.00000261. The second-order valence-electron chi connectivity index (χ2n) is 6.17. The fraction of sp³-hybridized carbons (Fsp3) is 0.278. The molecule has 27 heavy (non-hydrogen) atoms. The van der Waals surface area contributed by atoms with Crippen LogP contribution in [-0.2, 0) is 22.0 Å². The molecule has 9 heteroatoms. The molecular formula is C18H19ClF2N2O3S. The van der Waals surface area contributed by atoms with E-state index in [2.05, 4.69) is 0 Å². The van der Waals surface area contributed by atoms with Gasteiger partial charge < -0.3 is 10.6 Å². The van der Waals surface area contributed by atoms with Crippen LogP contribution >= 0.6 is 12.4 Å². The Morgan fingerprint density at radius 3 is 2.44 bits per heavy atom. The molecule has 0 bridgehead atoms. The molecular weight excluding hydrogens is 398 g/mol. The molecule has 0 saturated carbocycles. The van der Waals surface area contributed by atoms with Crippen molar-refractivity contribution in [3.8, 4) is 0 Å². The predicted octanol–water partition coefficient (Wildman–Crippen LogP) is 3.42. The van der Waals surface area contributed by atoms with Gasteiger partial charge >= 0.3 is 5.76 Å². The number of hydrogen-bond donors (Lipinski definition) is 1. The van der Waals surface area contributed by atoms with Gasteiger partial charge in [-0.1, -0.05) is 18.2 Å². The number of nitrogens with two attached hydrogens (primary N) is 1. The van der Waals surface area contributed by atoms with Crippen LogP contribution in [0, 0.1) is 0 Å². The number of carbonyl (C=O) groups is 1. The van der Waals surface area contributed by atoms with Gasteiger partial charge in [0.25, 0.3) is 5.91 Å². The third kappa shape index (κ3) is 4.39. The normalized spacial score (nSPS) is 13.8. The molecule has 2 aromatic carbocycles. The van der Waals surface area contributed by atoms with Crippen LogP contribution in [0.1, 0.15) is 27.9 Å². The maximum atomic E-state index is 12.8. The van der Waals surface area contributed by atoms with Crippen molar-refractivity contribution in [3.63, 3.8) is 0 Å². The molecule has 1 aliphatic heterocycles. The summed E-state index contributed by atoms with van der Waals surface area (Å²) in [7, 11) is -4.49. The Labute approximate surface area is 162 Å². The van der Waals surface area contributed by atoms with Gasteiger partial charge in [0.15, 0.2) is 0 Å². The zero-order valence-corrected chi connectivity index (χ0v) is 15.9. The number of anilines is 2. The molecule has 0 fully saturated rings. The van der Waals surface area contributed by atoms with Crippen molar-refractivity contribution in [3.05, 3.63) is 59.2 Å². The molecule has 1 amide bonds. The molecule has 5 nitrogen and oxygen atoms in total. The molecule has 0 aliphatic carbocycles. The van der Waals surface area contributed by atoms with Crippen molar-refractivity contribution in [2.45, 2.75) is 24.4 Å². The first-order valence-corrected chi connectivity index (χ1v) is 9.79. The Kier molecular flexibility index (Phi) is 6.43. The number of nitrogens with zero attached hydrogens (tertiary/aromatic N) is 1. The molecule has 2 aromatic rings. The van der Waals surface area contributed by atoms with Crippen molar-refractivity contribution in [2.24, 2.45) is 0 Å². The summed E-state index contributed by atoms with van der Waals surface area (Å²) in [5.74, 6) is -4.42. The van der Waals surface area contributed by atoms with Gasteiger partial charge in [0.2, 0.25) is 9.84 Å². The van der Waals surface area contributed by atoms with Gasteiger partial charge in [-0.15, -0.1) is 12.4 Å². The molecule has 0 spiro atoms. The number of hydrogen-bond acceptors (Lipinski definition) is 4. The maximum absolute atomic E-state index is 12.8. The Hall–Kier alpha value is -2.19. The van der Waals surface area contributed by atoms with Crippen LogP contribution in [0.25, 0.3) is 0 Å². The van der Waals surface area contributed by atoms with E-state index >= 15 is 0 Å². The number of rotatable bonds is 4. The summed E-state index contributed by atoms with van der Waals surface area (Å²) < 4.78 is 47.5. The summed E-state index contributed by atoms with van der Waals surface area (Å²) >= 11 is 0. The van der Waals surface area contributed by atoms with Gasteiger partial charge in [-0.2, -0.15) is 8.78 Å². The highest BCUT2D eigenvalue weighted by Gasteiger charge is 2.26. The highest BCUT2D eigenvalue weighted by atomic mass is 35.5. The topological polar surface area (TPSA) is 80.5 Å². The van der Waals surface area contributed by atoms with Gasteiger partial charge in [-0.3, -0.25) is 4.79 Å². The first-order valence-electron chi connectivity index (χ1n) is 8.07. The lowest BCUT2D eigenvalue weighted by molar-refractivity contribution is 0.0985. The van der Waals surface area contributed by atoms with Crippen molar-refractivity contribution in [1.82, 2.24) is 0 Å². The van der Waals surface area contributed by atoms with E-state index in [9.17, 15) is 22.0 Å². The second-order valence-corrected chi connectivity index (χ2v) is 8.14. The van der Waals surface area contributed by atoms with Crippen molar-refractivity contribution in [1.29, 1.82) is 0 Å². The number of carbonyl (C=O) groups excluding carboxylic acids is 1. The fourth-order valence-corrected chi connectivity index (χ4v) is 3.84. The van der Waals surface area contributed by atoms with Gasteiger partial charge in [-0.25, -0.2) is 8.42 Å². The van der Waals surface area contributed by atoms with E-state index in [-0.39, 0.29) is 23.9 Å². The second kappa shape index (κ2) is 8.22. The van der Waals surface area contributed by atoms with E-state index in [1.807, 2.05) is 6.07 Å². The van der Waals surface area contributed by atoms with Crippen LogP contribution in [0.2, 0.25) is 0 Å². The first kappa shape index (κ1) is 21.1. The lowest BCUT2D eigenvalue weighted by Crippen LogP contribution is -2.35. The average Bonchev–Trinajstić information content (AvgIpc) is 2.61. The minimum absolute atomic E-state index is 0. The average molecular weight is 417 g/mol. The summed E-state index contributed by atoms with van der Waals surface area (Å²) in [5, 5.41) is 0. The summed E-state index contributed by atoms with van der Waals surface area (Å²) in [6.07, 6.45) is 1.59. The number of fused-ring (bicyclic) bond motifs is 1. The highest BCUT2D eigenvalue weighted by molar-refractivity contribution is 7.90. The number of benzene rings is 2. The summed E-state index contributed by atoms with van der Waals surface area (Å²) in [6.45, 7) is 0.552. The molecule has 2 N–H and O–H groups in total. The van der Waals surface area contributed by atoms with Crippen LogP contribution < -0.4 is 10.6 Å². The molecule has 1 aliphatic rings. The van der Waals surface area contributed by atoms with E-state index in [1.165, 1.54) is 24.3 Å². The molecule has 0 aromatic heterocycles. The molecule has 0 saturated heterocycles. The number of halogens is 3. The molecule has 0 unspecified atom stereocenters. The summed E-state index contributed by atoms with van der Waals surface area (Å²) in [4.78, 5) is 14.5. The molecule has 146 valence electrons. The zero-order valence-electron chi connectivity index (χ0n) is 14.3. The zero-order chi connectivity index (χ0) is 18.9. The van der Waals surface area contributed by atoms with E-state index in [1.54, 1.807) is 17.0 Å². The lowest BCUT2D eigenvalue weighted by Gasteiger charge is -2.30.